The highest BCUT2D eigenvalue weighted by Crippen LogP contribution is 2.23. The fraction of sp³-hybridized carbons (Fsp3) is 0.211. The number of benzene rings is 2. The van der Waals surface area contributed by atoms with Crippen LogP contribution in [0.3, 0.4) is 0 Å². The highest BCUT2D eigenvalue weighted by Gasteiger charge is 2.19. The zero-order valence-corrected chi connectivity index (χ0v) is 14.5. The average Bonchev–Trinajstić information content (AvgIpc) is 2.72. The van der Waals surface area contributed by atoms with Crippen LogP contribution < -0.4 is 15.1 Å². The summed E-state index contributed by atoms with van der Waals surface area (Å²) in [4.78, 5) is 8.75. The van der Waals surface area contributed by atoms with Crippen LogP contribution >= 0.6 is 0 Å². The Kier molecular flexibility index (Phi) is 4.78. The molecule has 0 unspecified atom stereocenters. The molecule has 1 fully saturated rings. The lowest BCUT2D eigenvalue weighted by molar-refractivity contribution is 0.590. The first-order valence-electron chi connectivity index (χ1n) is 8.66. The molecule has 27 heavy (non-hydrogen) atoms. The molecule has 0 spiro atoms. The minimum Gasteiger partial charge on any atom is -0.368 e. The van der Waals surface area contributed by atoms with Gasteiger partial charge in [0.15, 0.2) is 5.82 Å². The maximum absolute atomic E-state index is 13.8. The Labute approximate surface area is 155 Å². The lowest BCUT2D eigenvalue weighted by Gasteiger charge is -2.36. The van der Waals surface area contributed by atoms with Gasteiger partial charge in [-0.25, -0.2) is 8.78 Å². The molecule has 138 valence electrons. The van der Waals surface area contributed by atoms with E-state index >= 15 is 0 Å². The molecule has 1 aliphatic rings. The van der Waals surface area contributed by atoms with Crippen molar-refractivity contribution in [2.45, 2.75) is 0 Å². The van der Waals surface area contributed by atoms with E-state index in [1.54, 1.807) is 6.20 Å². The van der Waals surface area contributed by atoms with Crippen LogP contribution in [0.2, 0.25) is 0 Å². The second-order valence-electron chi connectivity index (χ2n) is 6.17. The van der Waals surface area contributed by atoms with Crippen LogP contribution in [0.4, 0.5) is 31.9 Å². The second kappa shape index (κ2) is 7.53. The van der Waals surface area contributed by atoms with E-state index < -0.39 is 11.6 Å². The number of anilines is 4. The van der Waals surface area contributed by atoms with Gasteiger partial charge in [0.25, 0.3) is 0 Å². The van der Waals surface area contributed by atoms with E-state index in [4.69, 9.17) is 0 Å². The van der Waals surface area contributed by atoms with E-state index in [1.807, 2.05) is 18.2 Å². The average molecular weight is 368 g/mol. The first-order chi connectivity index (χ1) is 13.2. The Balaban J connectivity index is 1.46. The lowest BCUT2D eigenvalue weighted by atomic mass is 10.2. The molecular weight excluding hydrogens is 350 g/mol. The van der Waals surface area contributed by atoms with Crippen molar-refractivity contribution in [3.63, 3.8) is 0 Å². The van der Waals surface area contributed by atoms with Crippen LogP contribution in [0.5, 0.6) is 0 Å². The van der Waals surface area contributed by atoms with Crippen LogP contribution in [0.25, 0.3) is 0 Å². The predicted molar refractivity (Wildman–Crippen MR) is 100 cm³/mol. The molecule has 0 radical (unpaired) electrons. The van der Waals surface area contributed by atoms with E-state index in [-0.39, 0.29) is 11.6 Å². The molecule has 2 aromatic carbocycles. The molecule has 0 saturated carbocycles. The number of rotatable bonds is 4. The van der Waals surface area contributed by atoms with Gasteiger partial charge in [0.05, 0.1) is 6.20 Å². The summed E-state index contributed by atoms with van der Waals surface area (Å²) in [5.74, 6) is -0.736. The Morgan fingerprint density at radius 3 is 2.19 bits per heavy atom. The standard InChI is InChI=1S/C19H18F2N6/c20-15-7-4-8-16(21)18(15)24-19-23-17(13-22-25-19)27-11-9-26(10-12-27)14-5-2-1-3-6-14/h1-8,13H,9-12H2,(H,23,24,25). The van der Waals surface area contributed by atoms with Crippen LogP contribution in [0, 0.1) is 11.6 Å². The zero-order valence-electron chi connectivity index (χ0n) is 14.5. The quantitative estimate of drug-likeness (QED) is 0.763. The Bertz CT molecular complexity index is 893. The smallest absolute Gasteiger partial charge is 0.249 e. The molecule has 4 rings (SSSR count). The van der Waals surface area contributed by atoms with Crippen LogP contribution in [0.1, 0.15) is 0 Å². The third kappa shape index (κ3) is 3.79. The molecule has 6 nitrogen and oxygen atoms in total. The Morgan fingerprint density at radius 1 is 0.815 bits per heavy atom. The first kappa shape index (κ1) is 17.1. The molecule has 8 heteroatoms. The van der Waals surface area contributed by atoms with Gasteiger partial charge in [0, 0.05) is 31.9 Å². The molecule has 1 aromatic heterocycles. The van der Waals surface area contributed by atoms with Crippen molar-refractivity contribution in [2.75, 3.05) is 41.3 Å². The molecular formula is C19H18F2N6. The van der Waals surface area contributed by atoms with E-state index in [9.17, 15) is 8.78 Å². The van der Waals surface area contributed by atoms with Crippen LogP contribution in [-0.2, 0) is 0 Å². The van der Waals surface area contributed by atoms with Gasteiger partial charge in [-0.15, -0.1) is 5.10 Å². The third-order valence-corrected chi connectivity index (χ3v) is 4.47. The molecule has 3 aromatic rings. The predicted octanol–water partition coefficient (Wildman–Crippen LogP) is 3.22. The first-order valence-corrected chi connectivity index (χ1v) is 8.66. The van der Waals surface area contributed by atoms with Gasteiger partial charge in [-0.1, -0.05) is 24.3 Å². The number of nitrogens with zero attached hydrogens (tertiary/aromatic N) is 5. The van der Waals surface area contributed by atoms with E-state index in [0.29, 0.717) is 5.82 Å². The summed E-state index contributed by atoms with van der Waals surface area (Å²) in [6, 6.07) is 13.9. The van der Waals surface area contributed by atoms with E-state index in [0.717, 1.165) is 26.2 Å². The SMILES string of the molecule is Fc1cccc(F)c1Nc1nncc(N2CCN(c3ccccc3)CC2)n1. The van der Waals surface area contributed by atoms with Gasteiger partial charge in [0.1, 0.15) is 17.3 Å². The Hall–Kier alpha value is -3.29. The van der Waals surface area contributed by atoms with Gasteiger partial charge in [-0.2, -0.15) is 10.1 Å². The number of hydrogen-bond acceptors (Lipinski definition) is 6. The number of piperazine rings is 1. The summed E-state index contributed by atoms with van der Waals surface area (Å²) < 4.78 is 27.6. The summed E-state index contributed by atoms with van der Waals surface area (Å²) in [7, 11) is 0. The highest BCUT2D eigenvalue weighted by molar-refractivity contribution is 5.56. The summed E-state index contributed by atoms with van der Waals surface area (Å²) in [6.07, 6.45) is 1.56. The number of halogens is 2. The maximum Gasteiger partial charge on any atom is 0.249 e. The van der Waals surface area contributed by atoms with Crippen molar-refractivity contribution in [3.05, 3.63) is 66.4 Å². The molecule has 0 amide bonds. The van der Waals surface area contributed by atoms with Crippen molar-refractivity contribution in [3.8, 4) is 0 Å². The molecule has 0 bridgehead atoms. The van der Waals surface area contributed by atoms with Crippen molar-refractivity contribution in [1.29, 1.82) is 0 Å². The topological polar surface area (TPSA) is 57.2 Å². The van der Waals surface area contributed by atoms with E-state index in [2.05, 4.69) is 42.4 Å². The third-order valence-electron chi connectivity index (χ3n) is 4.47. The molecule has 0 aliphatic carbocycles. The van der Waals surface area contributed by atoms with Crippen LogP contribution in [-0.4, -0.2) is 41.4 Å². The lowest BCUT2D eigenvalue weighted by Crippen LogP contribution is -2.46. The zero-order chi connectivity index (χ0) is 18.6. The Morgan fingerprint density at radius 2 is 1.48 bits per heavy atom. The fourth-order valence-corrected chi connectivity index (χ4v) is 3.06. The normalized spacial score (nSPS) is 14.3. The fourth-order valence-electron chi connectivity index (χ4n) is 3.06. The summed E-state index contributed by atoms with van der Waals surface area (Å²) in [5.41, 5.74) is 0.903. The van der Waals surface area contributed by atoms with Crippen molar-refractivity contribution in [1.82, 2.24) is 15.2 Å². The minimum atomic E-state index is -0.708. The van der Waals surface area contributed by atoms with Crippen molar-refractivity contribution in [2.24, 2.45) is 0 Å². The van der Waals surface area contributed by atoms with Crippen LogP contribution in [0.15, 0.2) is 54.7 Å². The molecule has 2 heterocycles. The monoisotopic (exact) mass is 368 g/mol. The van der Waals surface area contributed by atoms with Gasteiger partial charge >= 0.3 is 0 Å². The largest absolute Gasteiger partial charge is 0.368 e. The molecule has 1 N–H and O–H groups in total. The summed E-state index contributed by atoms with van der Waals surface area (Å²) in [5, 5.41) is 10.3. The minimum absolute atomic E-state index is 0.0574. The maximum atomic E-state index is 13.8. The second-order valence-corrected chi connectivity index (χ2v) is 6.17. The number of nitrogens with one attached hydrogen (secondary N) is 1. The summed E-state index contributed by atoms with van der Waals surface area (Å²) >= 11 is 0. The molecule has 1 saturated heterocycles. The number of para-hydroxylation sites is 2. The van der Waals surface area contributed by atoms with Crippen molar-refractivity contribution >= 4 is 23.1 Å². The number of aromatic nitrogens is 3. The molecule has 0 atom stereocenters. The van der Waals surface area contributed by atoms with E-state index in [1.165, 1.54) is 23.9 Å². The summed E-state index contributed by atoms with van der Waals surface area (Å²) in [6.45, 7) is 3.22. The van der Waals surface area contributed by atoms with Crippen molar-refractivity contribution < 1.29 is 8.78 Å². The molecule has 1 aliphatic heterocycles. The number of hydrogen-bond donors (Lipinski definition) is 1. The van der Waals surface area contributed by atoms with Gasteiger partial charge in [-0.3, -0.25) is 0 Å². The highest BCUT2D eigenvalue weighted by atomic mass is 19.1. The van der Waals surface area contributed by atoms with Gasteiger partial charge in [-0.05, 0) is 24.3 Å². The van der Waals surface area contributed by atoms with Gasteiger partial charge in [0.2, 0.25) is 5.95 Å². The van der Waals surface area contributed by atoms with Gasteiger partial charge < -0.3 is 15.1 Å².